The van der Waals surface area contributed by atoms with Crippen LogP contribution in [0.3, 0.4) is 0 Å². The van der Waals surface area contributed by atoms with Crippen molar-refractivity contribution in [3.05, 3.63) is 64.8 Å². The maximum Gasteiger partial charge on any atom is 0.355 e. The molecule has 0 radical (unpaired) electrons. The Kier molecular flexibility index (Phi) is 5.27. The quantitative estimate of drug-likeness (QED) is 0.547. The van der Waals surface area contributed by atoms with Crippen LogP contribution < -0.4 is 10.6 Å². The number of nitrogens with one attached hydrogen (secondary N) is 3. The fourth-order valence-corrected chi connectivity index (χ4v) is 3.35. The average Bonchev–Trinajstić information content (AvgIpc) is 3.41. The number of H-pyrrole nitrogens is 1. The van der Waals surface area contributed by atoms with E-state index < -0.39 is 18.5 Å². The molecule has 4 rings (SSSR count). The highest BCUT2D eigenvalue weighted by molar-refractivity contribution is 5.99. The van der Waals surface area contributed by atoms with Crippen molar-refractivity contribution >= 4 is 34.4 Å². The van der Waals surface area contributed by atoms with Gasteiger partial charge in [-0.05, 0) is 68.1 Å². The first-order valence-electron chi connectivity index (χ1n) is 9.87. The van der Waals surface area contributed by atoms with Gasteiger partial charge in [-0.2, -0.15) is 0 Å². The van der Waals surface area contributed by atoms with Crippen LogP contribution in [-0.4, -0.2) is 35.4 Å². The average molecular weight is 405 g/mol. The largest absolute Gasteiger partial charge is 0.451 e. The van der Waals surface area contributed by atoms with E-state index in [4.69, 9.17) is 4.74 Å². The Hall–Kier alpha value is -3.61. The fourth-order valence-electron chi connectivity index (χ4n) is 3.35. The maximum absolute atomic E-state index is 12.3. The molecule has 0 atom stereocenters. The first-order valence-corrected chi connectivity index (χ1v) is 9.87. The number of aromatic nitrogens is 1. The van der Waals surface area contributed by atoms with Crippen molar-refractivity contribution in [2.45, 2.75) is 32.7 Å². The van der Waals surface area contributed by atoms with Crippen molar-refractivity contribution < 1.29 is 19.1 Å². The third kappa shape index (κ3) is 4.51. The Bertz CT molecular complexity index is 1140. The van der Waals surface area contributed by atoms with Gasteiger partial charge in [-0.1, -0.05) is 12.1 Å². The molecule has 1 saturated carbocycles. The van der Waals surface area contributed by atoms with Crippen molar-refractivity contribution in [2.75, 3.05) is 11.9 Å². The molecule has 3 N–H and O–H groups in total. The summed E-state index contributed by atoms with van der Waals surface area (Å²) in [6.07, 6.45) is 2.01. The number of rotatable bonds is 6. The molecule has 1 aromatic heterocycles. The number of benzene rings is 2. The molecule has 2 aromatic carbocycles. The zero-order chi connectivity index (χ0) is 21.3. The highest BCUT2D eigenvalue weighted by Gasteiger charge is 2.24. The SMILES string of the molecule is Cc1cc(C)c2cc(C(=O)OCC(=O)Nc3cccc(C(=O)NC4CC4)c3)[nH]c2c1. The smallest absolute Gasteiger partial charge is 0.355 e. The predicted octanol–water partition coefficient (Wildman–Crippen LogP) is 3.47. The number of ether oxygens (including phenoxy) is 1. The lowest BCUT2D eigenvalue weighted by atomic mass is 10.1. The van der Waals surface area contributed by atoms with Gasteiger partial charge in [0.05, 0.1) is 0 Å². The van der Waals surface area contributed by atoms with Crippen LogP contribution in [0, 0.1) is 13.8 Å². The van der Waals surface area contributed by atoms with E-state index in [1.165, 1.54) is 0 Å². The molecule has 154 valence electrons. The van der Waals surface area contributed by atoms with E-state index in [1.807, 2.05) is 26.0 Å². The molecule has 0 aliphatic heterocycles. The lowest BCUT2D eigenvalue weighted by molar-refractivity contribution is -0.119. The number of hydrogen-bond acceptors (Lipinski definition) is 4. The molecule has 1 heterocycles. The third-order valence-corrected chi connectivity index (χ3v) is 4.96. The van der Waals surface area contributed by atoms with E-state index in [0.29, 0.717) is 16.9 Å². The number of aryl methyl sites for hydroxylation is 2. The van der Waals surface area contributed by atoms with Gasteiger partial charge in [-0.25, -0.2) is 4.79 Å². The molecular formula is C23H23N3O4. The molecular weight excluding hydrogens is 382 g/mol. The van der Waals surface area contributed by atoms with Gasteiger partial charge >= 0.3 is 5.97 Å². The number of esters is 1. The van der Waals surface area contributed by atoms with Gasteiger partial charge in [-0.15, -0.1) is 0 Å². The summed E-state index contributed by atoms with van der Waals surface area (Å²) >= 11 is 0. The first-order chi connectivity index (χ1) is 14.4. The van der Waals surface area contributed by atoms with Crippen molar-refractivity contribution in [3.63, 3.8) is 0 Å². The van der Waals surface area contributed by atoms with E-state index >= 15 is 0 Å². The topological polar surface area (TPSA) is 100 Å². The molecule has 0 unspecified atom stereocenters. The lowest BCUT2D eigenvalue weighted by Crippen LogP contribution is -2.25. The monoisotopic (exact) mass is 405 g/mol. The van der Waals surface area contributed by atoms with E-state index in [-0.39, 0.29) is 11.9 Å². The van der Waals surface area contributed by atoms with Crippen LogP contribution in [-0.2, 0) is 9.53 Å². The highest BCUT2D eigenvalue weighted by atomic mass is 16.5. The summed E-state index contributed by atoms with van der Waals surface area (Å²) in [5.41, 5.74) is 4.24. The second-order valence-corrected chi connectivity index (χ2v) is 7.68. The maximum atomic E-state index is 12.3. The number of carbonyl (C=O) groups excluding carboxylic acids is 3. The Labute approximate surface area is 173 Å². The molecule has 0 bridgehead atoms. The molecule has 0 spiro atoms. The van der Waals surface area contributed by atoms with Crippen LogP contribution in [0.1, 0.15) is 44.8 Å². The third-order valence-electron chi connectivity index (χ3n) is 4.96. The van der Waals surface area contributed by atoms with Gasteiger partial charge in [0.25, 0.3) is 11.8 Å². The minimum absolute atomic E-state index is 0.163. The minimum atomic E-state index is -0.601. The number of aromatic amines is 1. The summed E-state index contributed by atoms with van der Waals surface area (Å²) in [6, 6.07) is 12.6. The highest BCUT2D eigenvalue weighted by Crippen LogP contribution is 2.22. The van der Waals surface area contributed by atoms with Crippen LogP contribution in [0.5, 0.6) is 0 Å². The normalized spacial score (nSPS) is 13.1. The van der Waals surface area contributed by atoms with E-state index in [1.54, 1.807) is 30.3 Å². The molecule has 7 nitrogen and oxygen atoms in total. The Morgan fingerprint density at radius 2 is 1.90 bits per heavy atom. The molecule has 1 aliphatic rings. The molecule has 1 aliphatic carbocycles. The van der Waals surface area contributed by atoms with Crippen molar-refractivity contribution in [2.24, 2.45) is 0 Å². The van der Waals surface area contributed by atoms with E-state index in [2.05, 4.69) is 15.6 Å². The lowest BCUT2D eigenvalue weighted by Gasteiger charge is -2.08. The van der Waals surface area contributed by atoms with Crippen molar-refractivity contribution in [3.8, 4) is 0 Å². The zero-order valence-corrected chi connectivity index (χ0v) is 16.9. The second-order valence-electron chi connectivity index (χ2n) is 7.68. The molecule has 7 heteroatoms. The summed E-state index contributed by atoms with van der Waals surface area (Å²) in [6.45, 7) is 3.54. The Morgan fingerprint density at radius 3 is 2.67 bits per heavy atom. The fraction of sp³-hybridized carbons (Fsp3) is 0.261. The number of anilines is 1. The summed E-state index contributed by atoms with van der Waals surface area (Å²) in [7, 11) is 0. The predicted molar refractivity (Wildman–Crippen MR) is 114 cm³/mol. The Morgan fingerprint density at radius 1 is 1.10 bits per heavy atom. The van der Waals surface area contributed by atoms with Gasteiger partial charge in [0.2, 0.25) is 0 Å². The number of amides is 2. The van der Waals surface area contributed by atoms with Crippen LogP contribution in [0.2, 0.25) is 0 Å². The van der Waals surface area contributed by atoms with Gasteiger partial charge in [0.15, 0.2) is 6.61 Å². The van der Waals surface area contributed by atoms with E-state index in [9.17, 15) is 14.4 Å². The van der Waals surface area contributed by atoms with Crippen LogP contribution in [0.25, 0.3) is 10.9 Å². The minimum Gasteiger partial charge on any atom is -0.451 e. The summed E-state index contributed by atoms with van der Waals surface area (Å²) in [4.78, 5) is 39.7. The van der Waals surface area contributed by atoms with Crippen molar-refractivity contribution in [1.82, 2.24) is 10.3 Å². The molecule has 30 heavy (non-hydrogen) atoms. The van der Waals surface area contributed by atoms with Crippen molar-refractivity contribution in [1.29, 1.82) is 0 Å². The van der Waals surface area contributed by atoms with Gasteiger partial charge < -0.3 is 20.4 Å². The van der Waals surface area contributed by atoms with Gasteiger partial charge in [0, 0.05) is 28.2 Å². The number of carbonyl (C=O) groups is 3. The van der Waals surface area contributed by atoms with Crippen LogP contribution in [0.15, 0.2) is 42.5 Å². The molecule has 3 aromatic rings. The summed E-state index contributed by atoms with van der Waals surface area (Å²) in [5.74, 6) is -1.24. The standard InChI is InChI=1S/C23H23N3O4/c1-13-8-14(2)18-11-20(26-19(18)9-13)23(29)30-12-21(27)24-17-5-3-4-15(10-17)22(28)25-16-6-7-16/h3-5,8-11,16,26H,6-7,12H2,1-2H3,(H,24,27)(H,25,28). The zero-order valence-electron chi connectivity index (χ0n) is 16.9. The van der Waals surface area contributed by atoms with E-state index in [0.717, 1.165) is 34.9 Å². The van der Waals surface area contributed by atoms with Gasteiger partial charge in [0.1, 0.15) is 5.69 Å². The molecule has 0 saturated heterocycles. The van der Waals surface area contributed by atoms with Crippen LogP contribution >= 0.6 is 0 Å². The van der Waals surface area contributed by atoms with Crippen LogP contribution in [0.4, 0.5) is 5.69 Å². The summed E-state index contributed by atoms with van der Waals surface area (Å²) < 4.78 is 5.14. The molecule has 2 amide bonds. The summed E-state index contributed by atoms with van der Waals surface area (Å²) in [5, 5.41) is 6.50. The molecule has 1 fully saturated rings. The Balaban J connectivity index is 1.35. The first kappa shape index (κ1) is 19.7. The number of hydrogen-bond donors (Lipinski definition) is 3. The second kappa shape index (κ2) is 8.02. The number of fused-ring (bicyclic) bond motifs is 1. The van der Waals surface area contributed by atoms with Gasteiger partial charge in [-0.3, -0.25) is 9.59 Å².